The van der Waals surface area contributed by atoms with Gasteiger partial charge in [0.1, 0.15) is 0 Å². The summed E-state index contributed by atoms with van der Waals surface area (Å²) in [6.07, 6.45) is 7.38. The normalized spacial score (nSPS) is 19.5. The second-order valence-corrected chi connectivity index (χ2v) is 6.47. The maximum atomic E-state index is 10.9. The Balaban J connectivity index is 1.86. The lowest BCUT2D eigenvalue weighted by atomic mass is 9.81. The van der Waals surface area contributed by atoms with Gasteiger partial charge in [-0.25, -0.2) is 0 Å². The molecule has 0 radical (unpaired) electrons. The molecule has 3 rings (SSSR count). The first kappa shape index (κ1) is 17.2. The van der Waals surface area contributed by atoms with E-state index < -0.39 is 5.97 Å². The molecule has 0 saturated carbocycles. The molecule has 1 unspecified atom stereocenters. The molecule has 2 aromatic carbocycles. The number of rotatable bonds is 6. The first-order chi connectivity index (χ1) is 12.1. The molecule has 0 saturated heterocycles. The van der Waals surface area contributed by atoms with Crippen LogP contribution in [0.2, 0.25) is 0 Å². The maximum absolute atomic E-state index is 10.9. The molecule has 0 aliphatic heterocycles. The Morgan fingerprint density at radius 1 is 1.08 bits per heavy atom. The lowest BCUT2D eigenvalue weighted by molar-refractivity contribution is -0.136. The average molecular weight is 333 g/mol. The number of carboxylic acid groups (broad SMARTS) is 1. The van der Waals surface area contributed by atoms with Crippen molar-refractivity contribution >= 4 is 5.97 Å². The Labute approximate surface area is 148 Å². The Morgan fingerprint density at radius 2 is 1.76 bits per heavy atom. The zero-order valence-electron chi connectivity index (χ0n) is 14.4. The zero-order valence-corrected chi connectivity index (χ0v) is 14.4. The van der Waals surface area contributed by atoms with Gasteiger partial charge in [0.15, 0.2) is 0 Å². The van der Waals surface area contributed by atoms with E-state index in [-0.39, 0.29) is 12.0 Å². The monoisotopic (exact) mass is 333 g/mol. The molecule has 0 fully saturated rings. The number of benzene rings is 2. The van der Waals surface area contributed by atoms with E-state index in [2.05, 4.69) is 66.9 Å². The van der Waals surface area contributed by atoms with Crippen molar-refractivity contribution in [1.82, 2.24) is 5.32 Å². The molecule has 0 heterocycles. The van der Waals surface area contributed by atoms with Gasteiger partial charge >= 0.3 is 5.97 Å². The Morgan fingerprint density at radius 3 is 2.36 bits per heavy atom. The fourth-order valence-electron chi connectivity index (χ4n) is 3.16. The number of carboxylic acids is 1. The van der Waals surface area contributed by atoms with Crippen LogP contribution >= 0.6 is 0 Å². The predicted octanol–water partition coefficient (Wildman–Crippen LogP) is 4.52. The fourth-order valence-corrected chi connectivity index (χ4v) is 3.16. The predicted molar refractivity (Wildman–Crippen MR) is 101 cm³/mol. The highest BCUT2D eigenvalue weighted by atomic mass is 16.4. The molecule has 3 nitrogen and oxygen atoms in total. The zero-order chi connectivity index (χ0) is 17.7. The van der Waals surface area contributed by atoms with Crippen LogP contribution in [0.5, 0.6) is 0 Å². The van der Waals surface area contributed by atoms with Gasteiger partial charge < -0.3 is 10.4 Å². The molecule has 1 aliphatic carbocycles. The molecule has 2 aromatic rings. The van der Waals surface area contributed by atoms with Crippen molar-refractivity contribution in [2.24, 2.45) is 0 Å². The van der Waals surface area contributed by atoms with Gasteiger partial charge in [0.05, 0.1) is 12.0 Å². The molecule has 128 valence electrons. The summed E-state index contributed by atoms with van der Waals surface area (Å²) in [6.45, 7) is 2.52. The van der Waals surface area contributed by atoms with Crippen molar-refractivity contribution in [3.05, 3.63) is 84.0 Å². The molecular formula is C22H23NO2. The molecule has 1 aliphatic rings. The van der Waals surface area contributed by atoms with Gasteiger partial charge in [0.2, 0.25) is 0 Å². The summed E-state index contributed by atoms with van der Waals surface area (Å²) in [5, 5.41) is 12.4. The highest BCUT2D eigenvalue weighted by molar-refractivity contribution is 5.67. The van der Waals surface area contributed by atoms with Crippen LogP contribution in [0.1, 0.15) is 25.3 Å². The number of carbonyl (C=O) groups is 1. The Hall–Kier alpha value is -2.65. The maximum Gasteiger partial charge on any atom is 0.304 e. The lowest BCUT2D eigenvalue weighted by Gasteiger charge is -2.34. The van der Waals surface area contributed by atoms with Crippen LogP contribution in [-0.2, 0) is 10.3 Å². The van der Waals surface area contributed by atoms with Gasteiger partial charge in [0, 0.05) is 6.54 Å². The fraction of sp³-hybridized carbons (Fsp3) is 0.227. The van der Waals surface area contributed by atoms with E-state index in [0.29, 0.717) is 6.54 Å². The second kappa shape index (κ2) is 7.49. The van der Waals surface area contributed by atoms with Crippen molar-refractivity contribution in [3.63, 3.8) is 0 Å². The summed E-state index contributed by atoms with van der Waals surface area (Å²) in [7, 11) is 0. The van der Waals surface area contributed by atoms with E-state index in [9.17, 15) is 4.79 Å². The molecule has 0 spiro atoms. The van der Waals surface area contributed by atoms with E-state index in [1.165, 1.54) is 16.7 Å². The SMILES string of the molecule is CC1=CCC(NCCC(=O)O)(c2ccc(-c3ccccc3)cc2)C=C1. The molecule has 0 bridgehead atoms. The largest absolute Gasteiger partial charge is 0.481 e. The van der Waals surface area contributed by atoms with E-state index in [4.69, 9.17) is 5.11 Å². The topological polar surface area (TPSA) is 49.3 Å². The van der Waals surface area contributed by atoms with Crippen molar-refractivity contribution < 1.29 is 9.90 Å². The molecule has 2 N–H and O–H groups in total. The van der Waals surface area contributed by atoms with E-state index >= 15 is 0 Å². The van der Waals surface area contributed by atoms with Crippen molar-refractivity contribution in [2.75, 3.05) is 6.54 Å². The van der Waals surface area contributed by atoms with Crippen LogP contribution in [0.3, 0.4) is 0 Å². The van der Waals surface area contributed by atoms with Gasteiger partial charge in [-0.05, 0) is 30.0 Å². The van der Waals surface area contributed by atoms with Crippen molar-refractivity contribution in [2.45, 2.75) is 25.3 Å². The molecule has 0 amide bonds. The second-order valence-electron chi connectivity index (χ2n) is 6.47. The number of hydrogen-bond acceptors (Lipinski definition) is 2. The van der Waals surface area contributed by atoms with Crippen molar-refractivity contribution in [1.29, 1.82) is 0 Å². The van der Waals surface area contributed by atoms with Crippen LogP contribution in [0.15, 0.2) is 78.4 Å². The summed E-state index contributed by atoms with van der Waals surface area (Å²) < 4.78 is 0. The van der Waals surface area contributed by atoms with Gasteiger partial charge in [-0.2, -0.15) is 0 Å². The number of hydrogen-bond donors (Lipinski definition) is 2. The highest BCUT2D eigenvalue weighted by Gasteiger charge is 2.29. The number of nitrogens with one attached hydrogen (secondary N) is 1. The Bertz CT molecular complexity index is 791. The van der Waals surface area contributed by atoms with Gasteiger partial charge in [-0.15, -0.1) is 0 Å². The van der Waals surface area contributed by atoms with Crippen LogP contribution in [0, 0.1) is 0 Å². The van der Waals surface area contributed by atoms with E-state index in [1.54, 1.807) is 0 Å². The van der Waals surface area contributed by atoms with Crippen LogP contribution < -0.4 is 5.32 Å². The molecule has 0 aromatic heterocycles. The number of allylic oxidation sites excluding steroid dienone is 2. The first-order valence-electron chi connectivity index (χ1n) is 8.58. The van der Waals surface area contributed by atoms with Crippen LogP contribution in [0.25, 0.3) is 11.1 Å². The summed E-state index contributed by atoms with van der Waals surface area (Å²) in [6, 6.07) is 18.8. The summed E-state index contributed by atoms with van der Waals surface area (Å²) in [5.41, 5.74) is 4.41. The Kier molecular flexibility index (Phi) is 5.15. The molecule has 3 heteroatoms. The summed E-state index contributed by atoms with van der Waals surface area (Å²) in [4.78, 5) is 10.9. The minimum atomic E-state index is -0.784. The molecule has 1 atom stereocenters. The van der Waals surface area contributed by atoms with Gasteiger partial charge in [-0.3, -0.25) is 4.79 Å². The highest BCUT2D eigenvalue weighted by Crippen LogP contribution is 2.33. The third-order valence-electron chi connectivity index (χ3n) is 4.66. The molecular weight excluding hydrogens is 310 g/mol. The quantitative estimate of drug-likeness (QED) is 0.817. The standard InChI is InChI=1S/C22H23NO2/c1-17-11-14-22(15-12-17,23-16-13-21(24)25)20-9-7-19(8-10-20)18-5-3-2-4-6-18/h2-12,14,23H,13,15-16H2,1H3,(H,24,25). The third-order valence-corrected chi connectivity index (χ3v) is 4.66. The first-order valence-corrected chi connectivity index (χ1v) is 8.58. The minimum absolute atomic E-state index is 0.111. The van der Waals surface area contributed by atoms with E-state index in [0.717, 1.165) is 12.0 Å². The summed E-state index contributed by atoms with van der Waals surface area (Å²) >= 11 is 0. The van der Waals surface area contributed by atoms with Gasteiger partial charge in [0.25, 0.3) is 0 Å². The van der Waals surface area contributed by atoms with Crippen LogP contribution in [-0.4, -0.2) is 17.6 Å². The average Bonchev–Trinajstić information content (AvgIpc) is 2.64. The smallest absolute Gasteiger partial charge is 0.304 e. The van der Waals surface area contributed by atoms with Crippen molar-refractivity contribution in [3.8, 4) is 11.1 Å². The lowest BCUT2D eigenvalue weighted by Crippen LogP contribution is -2.42. The molecule has 25 heavy (non-hydrogen) atoms. The third kappa shape index (κ3) is 4.06. The summed E-state index contributed by atoms with van der Waals surface area (Å²) in [5.74, 6) is -0.784. The number of aliphatic carboxylic acids is 1. The van der Waals surface area contributed by atoms with Crippen LogP contribution in [0.4, 0.5) is 0 Å². The van der Waals surface area contributed by atoms with Gasteiger partial charge in [-0.1, -0.05) is 78.4 Å². The van der Waals surface area contributed by atoms with E-state index in [1.807, 2.05) is 18.2 Å². The minimum Gasteiger partial charge on any atom is -0.481 e.